The molecule has 0 N–H and O–H groups in total. The van der Waals surface area contributed by atoms with Crippen LogP contribution >= 0.6 is 12.0 Å². The van der Waals surface area contributed by atoms with E-state index in [0.717, 1.165) is 0 Å². The van der Waals surface area contributed by atoms with Crippen molar-refractivity contribution in [2.75, 3.05) is 0 Å². The standard InChI is InChI=1S/C16H13NO7S/c1-11(18)25-24-15-5-3-2-4-14(15)16(19)23-13-8-6-12(7-9-13)10-22-17(20)21/h2-9H,10H2,1H3. The quantitative estimate of drug-likeness (QED) is 0.243. The van der Waals surface area contributed by atoms with Gasteiger partial charge in [0.2, 0.25) is 5.12 Å². The third-order valence-electron chi connectivity index (χ3n) is 2.83. The fourth-order valence-electron chi connectivity index (χ4n) is 1.75. The molecule has 0 atom stereocenters. The summed E-state index contributed by atoms with van der Waals surface area (Å²) in [5.74, 6) is -0.193. The highest BCUT2D eigenvalue weighted by molar-refractivity contribution is 8.09. The minimum atomic E-state index is -0.885. The molecule has 0 bridgehead atoms. The van der Waals surface area contributed by atoms with Crippen LogP contribution in [-0.4, -0.2) is 16.2 Å². The van der Waals surface area contributed by atoms with Crippen molar-refractivity contribution in [3.05, 3.63) is 69.8 Å². The number of hydrogen-bond acceptors (Lipinski definition) is 8. The van der Waals surface area contributed by atoms with E-state index in [4.69, 9.17) is 8.92 Å². The first-order chi connectivity index (χ1) is 12.0. The smallest absolute Gasteiger partial charge is 0.347 e. The van der Waals surface area contributed by atoms with Crippen molar-refractivity contribution < 1.29 is 28.4 Å². The Hall–Kier alpha value is -3.07. The fraction of sp³-hybridized carbons (Fsp3) is 0.125. The van der Waals surface area contributed by atoms with Crippen LogP contribution in [0, 0.1) is 10.1 Å². The van der Waals surface area contributed by atoms with E-state index in [1.54, 1.807) is 30.3 Å². The minimum Gasteiger partial charge on any atom is -0.423 e. The Balaban J connectivity index is 2.04. The normalized spacial score (nSPS) is 9.96. The van der Waals surface area contributed by atoms with E-state index in [1.165, 1.54) is 25.1 Å². The highest BCUT2D eigenvalue weighted by Crippen LogP contribution is 2.24. The summed E-state index contributed by atoms with van der Waals surface area (Å²) in [6.45, 7) is 1.15. The highest BCUT2D eigenvalue weighted by Gasteiger charge is 2.15. The maximum absolute atomic E-state index is 12.3. The number of carbonyl (C=O) groups excluding carboxylic acids is 2. The monoisotopic (exact) mass is 363 g/mol. The SMILES string of the molecule is CC(=O)SOc1ccccc1C(=O)Oc1ccc(CO[N+](=O)[O-])cc1. The number of esters is 1. The second-order valence-electron chi connectivity index (χ2n) is 4.68. The van der Waals surface area contributed by atoms with E-state index >= 15 is 0 Å². The molecule has 0 aliphatic rings. The Morgan fingerprint density at radius 3 is 2.44 bits per heavy atom. The van der Waals surface area contributed by atoms with Gasteiger partial charge in [-0.3, -0.25) is 4.79 Å². The molecule has 0 heterocycles. The van der Waals surface area contributed by atoms with E-state index in [9.17, 15) is 19.7 Å². The predicted molar refractivity (Wildman–Crippen MR) is 88.5 cm³/mol. The summed E-state index contributed by atoms with van der Waals surface area (Å²) in [6, 6.07) is 12.4. The van der Waals surface area contributed by atoms with Gasteiger partial charge in [0, 0.05) is 6.92 Å². The fourth-order valence-corrected chi connectivity index (χ4v) is 2.11. The van der Waals surface area contributed by atoms with Crippen LogP contribution in [0.2, 0.25) is 0 Å². The zero-order chi connectivity index (χ0) is 18.2. The number of carbonyl (C=O) groups is 2. The molecule has 25 heavy (non-hydrogen) atoms. The largest absolute Gasteiger partial charge is 0.423 e. The Labute approximate surface area is 147 Å². The lowest BCUT2D eigenvalue weighted by atomic mass is 10.2. The third-order valence-corrected chi connectivity index (χ3v) is 3.32. The van der Waals surface area contributed by atoms with E-state index in [1.807, 2.05) is 0 Å². The number of para-hydroxylation sites is 1. The summed E-state index contributed by atoms with van der Waals surface area (Å²) < 4.78 is 10.5. The third kappa shape index (κ3) is 5.81. The predicted octanol–water partition coefficient (Wildman–Crippen LogP) is 3.19. The highest BCUT2D eigenvalue weighted by atomic mass is 32.2. The number of hydrogen-bond donors (Lipinski definition) is 0. The molecular formula is C16H13NO7S. The molecule has 0 aliphatic heterocycles. The Morgan fingerprint density at radius 2 is 1.80 bits per heavy atom. The van der Waals surface area contributed by atoms with Gasteiger partial charge < -0.3 is 13.8 Å². The van der Waals surface area contributed by atoms with Crippen molar-refractivity contribution in [1.29, 1.82) is 0 Å². The van der Waals surface area contributed by atoms with E-state index in [-0.39, 0.29) is 28.8 Å². The molecule has 2 aromatic rings. The molecule has 0 unspecified atom stereocenters. The summed E-state index contributed by atoms with van der Waals surface area (Å²) >= 11 is 0.616. The Bertz CT molecular complexity index is 776. The van der Waals surface area contributed by atoms with Gasteiger partial charge in [-0.1, -0.05) is 24.3 Å². The van der Waals surface area contributed by atoms with Crippen LogP contribution in [-0.2, 0) is 16.2 Å². The first kappa shape index (κ1) is 18.3. The first-order valence-electron chi connectivity index (χ1n) is 6.98. The second-order valence-corrected chi connectivity index (χ2v) is 5.59. The van der Waals surface area contributed by atoms with Crippen LogP contribution in [0.3, 0.4) is 0 Å². The molecule has 2 rings (SSSR count). The van der Waals surface area contributed by atoms with E-state index in [2.05, 4.69) is 4.84 Å². The average Bonchev–Trinajstić information content (AvgIpc) is 2.59. The summed E-state index contributed by atoms with van der Waals surface area (Å²) in [7, 11) is 0. The van der Waals surface area contributed by atoms with Crippen molar-refractivity contribution in [1.82, 2.24) is 0 Å². The van der Waals surface area contributed by atoms with Crippen molar-refractivity contribution in [3.63, 3.8) is 0 Å². The Morgan fingerprint density at radius 1 is 1.12 bits per heavy atom. The molecule has 0 aromatic heterocycles. The van der Waals surface area contributed by atoms with Gasteiger partial charge in [0.1, 0.15) is 30.0 Å². The van der Waals surface area contributed by atoms with Gasteiger partial charge in [-0.2, -0.15) is 0 Å². The summed E-state index contributed by atoms with van der Waals surface area (Å²) in [6.07, 6.45) is 0. The van der Waals surface area contributed by atoms with Gasteiger partial charge in [0.15, 0.2) is 5.75 Å². The molecule has 0 aliphatic carbocycles. The van der Waals surface area contributed by atoms with Crippen LogP contribution in [0.5, 0.6) is 11.5 Å². The maximum atomic E-state index is 12.3. The summed E-state index contributed by atoms with van der Waals surface area (Å²) in [4.78, 5) is 37.7. The lowest BCUT2D eigenvalue weighted by molar-refractivity contribution is -0.763. The summed E-state index contributed by atoms with van der Waals surface area (Å²) in [5.41, 5.74) is 0.718. The number of nitrogens with zero attached hydrogens (tertiary/aromatic N) is 1. The molecule has 2 aromatic carbocycles. The lowest BCUT2D eigenvalue weighted by Crippen LogP contribution is -2.10. The zero-order valence-electron chi connectivity index (χ0n) is 13.0. The van der Waals surface area contributed by atoms with Crippen molar-refractivity contribution in [2.45, 2.75) is 13.5 Å². The molecule has 0 fully saturated rings. The second kappa shape index (κ2) is 8.69. The maximum Gasteiger partial charge on any atom is 0.347 e. The average molecular weight is 363 g/mol. The van der Waals surface area contributed by atoms with Crippen molar-refractivity contribution >= 4 is 23.1 Å². The molecule has 0 saturated heterocycles. The molecule has 0 radical (unpaired) electrons. The minimum absolute atomic E-state index is 0.164. The Kier molecular flexibility index (Phi) is 6.35. The first-order valence-corrected chi connectivity index (χ1v) is 7.72. The number of benzene rings is 2. The zero-order valence-corrected chi connectivity index (χ0v) is 13.9. The number of ether oxygens (including phenoxy) is 1. The van der Waals surface area contributed by atoms with Crippen LogP contribution in [0.15, 0.2) is 48.5 Å². The molecule has 130 valence electrons. The molecule has 9 heteroatoms. The van der Waals surface area contributed by atoms with E-state index in [0.29, 0.717) is 17.6 Å². The van der Waals surface area contributed by atoms with Crippen LogP contribution in [0.4, 0.5) is 0 Å². The van der Waals surface area contributed by atoms with Gasteiger partial charge in [0.05, 0.1) is 0 Å². The topological polar surface area (TPSA) is 105 Å². The van der Waals surface area contributed by atoms with Gasteiger partial charge in [-0.25, -0.2) is 4.79 Å². The summed E-state index contributed by atoms with van der Waals surface area (Å²) in [5, 5.41) is 9.01. The van der Waals surface area contributed by atoms with Crippen molar-refractivity contribution in [2.24, 2.45) is 0 Å². The molecule has 0 saturated carbocycles. The van der Waals surface area contributed by atoms with Crippen LogP contribution < -0.4 is 8.92 Å². The van der Waals surface area contributed by atoms with Gasteiger partial charge in [0.25, 0.3) is 5.09 Å². The molecule has 0 amide bonds. The van der Waals surface area contributed by atoms with Gasteiger partial charge >= 0.3 is 5.97 Å². The van der Waals surface area contributed by atoms with Crippen LogP contribution in [0.25, 0.3) is 0 Å². The van der Waals surface area contributed by atoms with E-state index < -0.39 is 11.1 Å². The molecule has 8 nitrogen and oxygen atoms in total. The van der Waals surface area contributed by atoms with Gasteiger partial charge in [-0.05, 0) is 29.8 Å². The molecule has 0 spiro atoms. The molecular weight excluding hydrogens is 350 g/mol. The van der Waals surface area contributed by atoms with Gasteiger partial charge in [-0.15, -0.1) is 10.1 Å². The van der Waals surface area contributed by atoms with Crippen LogP contribution in [0.1, 0.15) is 22.8 Å². The lowest BCUT2D eigenvalue weighted by Gasteiger charge is -2.09. The van der Waals surface area contributed by atoms with Crippen molar-refractivity contribution in [3.8, 4) is 11.5 Å². The number of rotatable bonds is 7.